The van der Waals surface area contributed by atoms with Crippen LogP contribution in [0.15, 0.2) is 0 Å². The van der Waals surface area contributed by atoms with Crippen LogP contribution in [-0.2, 0) is 19.4 Å². The third-order valence-corrected chi connectivity index (χ3v) is 3.41. The summed E-state index contributed by atoms with van der Waals surface area (Å²) in [5.74, 6) is -1.94. The summed E-state index contributed by atoms with van der Waals surface area (Å²) in [7, 11) is -3.19. The number of hydrogen-bond donors (Lipinski definition) is 3. The van der Waals surface area contributed by atoms with Crippen LogP contribution in [0.4, 0.5) is 4.79 Å². The van der Waals surface area contributed by atoms with Gasteiger partial charge < -0.3 is 15.6 Å². The number of nitrogens with one attached hydrogen (secondary N) is 1. The Hall–Kier alpha value is -0.900. The van der Waals surface area contributed by atoms with Gasteiger partial charge in [-0.05, 0) is 19.4 Å². The highest BCUT2D eigenvalue weighted by Gasteiger charge is 2.26. The molecule has 0 aromatic heterocycles. The van der Waals surface area contributed by atoms with Gasteiger partial charge in [-0.15, -0.1) is 12.4 Å². The van der Waals surface area contributed by atoms with Crippen LogP contribution < -0.4 is 11.1 Å². The van der Waals surface area contributed by atoms with Gasteiger partial charge in [-0.2, -0.15) is 0 Å². The smallest absolute Gasteiger partial charge is 0.425 e. The largest absolute Gasteiger partial charge is 0.480 e. The number of hydrogen-bond acceptors (Lipinski definition) is 7. The van der Waals surface area contributed by atoms with Crippen LogP contribution in [0, 0.1) is 0 Å². The molecule has 1 unspecified atom stereocenters. The third-order valence-electron chi connectivity index (χ3n) is 2.19. The Morgan fingerprint density at radius 3 is 2.37 bits per heavy atom. The van der Waals surface area contributed by atoms with Crippen LogP contribution in [0.2, 0.25) is 0 Å². The summed E-state index contributed by atoms with van der Waals surface area (Å²) in [6, 6.07) is -1.03. The number of halogens is 1. The van der Waals surface area contributed by atoms with E-state index < -0.39 is 33.0 Å². The van der Waals surface area contributed by atoms with Crippen LogP contribution in [0.3, 0.4) is 0 Å². The number of unbranched alkanes of at least 4 members (excludes halogenated alkanes) is 1. The lowest BCUT2D eigenvalue weighted by atomic mass is 10.1. The summed E-state index contributed by atoms with van der Waals surface area (Å²) in [5, 5.41) is 9.78. The van der Waals surface area contributed by atoms with Crippen molar-refractivity contribution in [2.75, 3.05) is 19.5 Å². The zero-order chi connectivity index (χ0) is 14.2. The first-order valence-electron chi connectivity index (χ1n) is 5.32. The van der Waals surface area contributed by atoms with E-state index in [2.05, 4.69) is 10.1 Å². The second kappa shape index (κ2) is 9.96. The van der Waals surface area contributed by atoms with Gasteiger partial charge in [0.2, 0.25) is 0 Å². The van der Waals surface area contributed by atoms with Crippen molar-refractivity contribution in [3.63, 3.8) is 0 Å². The summed E-state index contributed by atoms with van der Waals surface area (Å²) in [6.45, 7) is 0.437. The summed E-state index contributed by atoms with van der Waals surface area (Å²) in [4.78, 5) is 21.7. The van der Waals surface area contributed by atoms with Gasteiger partial charge in [0, 0.05) is 0 Å². The van der Waals surface area contributed by atoms with Crippen molar-refractivity contribution in [2.24, 2.45) is 5.73 Å². The molecule has 4 N–H and O–H groups in total. The number of carboxylic acids is 1. The molecule has 10 heteroatoms. The predicted molar refractivity (Wildman–Crippen MR) is 70.9 cm³/mol. The molecule has 0 aromatic rings. The van der Waals surface area contributed by atoms with Gasteiger partial charge in [0.15, 0.2) is 0 Å². The second-order valence-corrected chi connectivity index (χ2v) is 5.44. The standard InChI is InChI=1S/C9H18N2O6S.ClH/c1-17-9(14)18(15,16)6-11-7(8(12)13)4-2-3-5-10;/h7,11H,2-6,10H2,1H3,(H,12,13);1H. The number of carboxylic acid groups (broad SMARTS) is 1. The zero-order valence-electron chi connectivity index (χ0n) is 10.5. The van der Waals surface area contributed by atoms with E-state index in [-0.39, 0.29) is 18.8 Å². The highest BCUT2D eigenvalue weighted by atomic mass is 35.5. The van der Waals surface area contributed by atoms with E-state index in [0.29, 0.717) is 19.4 Å². The minimum atomic E-state index is -4.13. The Morgan fingerprint density at radius 2 is 1.95 bits per heavy atom. The highest BCUT2D eigenvalue weighted by Crippen LogP contribution is 2.02. The van der Waals surface area contributed by atoms with Crippen LogP contribution in [-0.4, -0.2) is 50.4 Å². The van der Waals surface area contributed by atoms with Gasteiger partial charge in [0.05, 0.1) is 7.11 Å². The molecule has 0 spiro atoms. The molecule has 0 amide bonds. The Morgan fingerprint density at radius 1 is 1.37 bits per heavy atom. The molecule has 0 aliphatic rings. The van der Waals surface area contributed by atoms with E-state index in [1.54, 1.807) is 0 Å². The van der Waals surface area contributed by atoms with Gasteiger partial charge >= 0.3 is 11.3 Å². The highest BCUT2D eigenvalue weighted by molar-refractivity contribution is 8.05. The normalized spacial score (nSPS) is 12.3. The Kier molecular flexibility index (Phi) is 10.7. The molecule has 0 aliphatic heterocycles. The molecule has 0 aliphatic carbocycles. The van der Waals surface area contributed by atoms with Crippen molar-refractivity contribution < 1.29 is 27.9 Å². The molecular weight excluding hydrogens is 300 g/mol. The Labute approximate surface area is 118 Å². The molecule has 0 saturated heterocycles. The van der Waals surface area contributed by atoms with E-state index in [1.807, 2.05) is 0 Å². The van der Waals surface area contributed by atoms with Crippen LogP contribution in [0.5, 0.6) is 0 Å². The lowest BCUT2D eigenvalue weighted by Crippen LogP contribution is -2.41. The number of carbonyl (C=O) groups is 2. The maximum absolute atomic E-state index is 11.3. The van der Waals surface area contributed by atoms with E-state index in [0.717, 1.165) is 7.11 Å². The molecular formula is C9H19ClN2O6S. The molecule has 0 radical (unpaired) electrons. The van der Waals surface area contributed by atoms with Crippen molar-refractivity contribution >= 4 is 33.5 Å². The second-order valence-electron chi connectivity index (χ2n) is 3.59. The number of aliphatic carboxylic acids is 1. The first kappa shape index (κ1) is 20.4. The third kappa shape index (κ3) is 7.98. The number of rotatable bonds is 8. The average Bonchev–Trinajstić information content (AvgIpc) is 2.31. The SMILES string of the molecule is COC(=O)S(=O)(=O)CNC(CCCCN)C(=O)O.Cl. The van der Waals surface area contributed by atoms with Crippen molar-refractivity contribution in [3.05, 3.63) is 0 Å². The molecule has 19 heavy (non-hydrogen) atoms. The van der Waals surface area contributed by atoms with E-state index in [1.165, 1.54) is 0 Å². The van der Waals surface area contributed by atoms with E-state index in [4.69, 9.17) is 10.8 Å². The fraction of sp³-hybridized carbons (Fsp3) is 0.778. The van der Waals surface area contributed by atoms with Crippen molar-refractivity contribution in [3.8, 4) is 0 Å². The zero-order valence-corrected chi connectivity index (χ0v) is 12.1. The number of nitrogens with two attached hydrogens (primary N) is 1. The van der Waals surface area contributed by atoms with Gasteiger partial charge in [-0.25, -0.2) is 13.2 Å². The summed E-state index contributed by atoms with van der Waals surface area (Å²) in [5.41, 5.74) is 5.27. The summed E-state index contributed by atoms with van der Waals surface area (Å²) < 4.78 is 26.6. The molecule has 8 nitrogen and oxygen atoms in total. The number of carbonyl (C=O) groups excluding carboxylic acids is 1. The van der Waals surface area contributed by atoms with Gasteiger partial charge in [0.25, 0.3) is 9.84 Å². The minimum absolute atomic E-state index is 0. The fourth-order valence-corrected chi connectivity index (χ4v) is 1.99. The fourth-order valence-electron chi connectivity index (χ4n) is 1.20. The summed E-state index contributed by atoms with van der Waals surface area (Å²) in [6.07, 6.45) is 1.44. The van der Waals surface area contributed by atoms with Crippen molar-refractivity contribution in [2.45, 2.75) is 25.3 Å². The molecule has 0 bridgehead atoms. The monoisotopic (exact) mass is 318 g/mol. The van der Waals surface area contributed by atoms with Gasteiger partial charge in [0.1, 0.15) is 11.9 Å². The maximum atomic E-state index is 11.3. The molecule has 0 saturated carbocycles. The lowest BCUT2D eigenvalue weighted by molar-refractivity contribution is -0.139. The molecule has 0 heterocycles. The van der Waals surface area contributed by atoms with Gasteiger partial charge in [-0.1, -0.05) is 6.42 Å². The Bertz CT molecular complexity index is 386. The first-order chi connectivity index (χ1) is 8.35. The van der Waals surface area contributed by atoms with Crippen LogP contribution >= 0.6 is 12.4 Å². The number of sulfone groups is 1. The predicted octanol–water partition coefficient (Wildman–Crippen LogP) is -0.281. The molecule has 0 aromatic carbocycles. The molecule has 114 valence electrons. The maximum Gasteiger partial charge on any atom is 0.425 e. The quantitative estimate of drug-likeness (QED) is 0.410. The topological polar surface area (TPSA) is 136 Å². The molecule has 0 fully saturated rings. The van der Waals surface area contributed by atoms with Gasteiger partial charge in [-0.3, -0.25) is 10.1 Å². The average molecular weight is 319 g/mol. The number of methoxy groups -OCH3 is 1. The van der Waals surface area contributed by atoms with Crippen molar-refractivity contribution in [1.29, 1.82) is 0 Å². The minimum Gasteiger partial charge on any atom is -0.480 e. The van der Waals surface area contributed by atoms with E-state index in [9.17, 15) is 18.0 Å². The number of ether oxygens (including phenoxy) is 1. The van der Waals surface area contributed by atoms with Crippen LogP contribution in [0.25, 0.3) is 0 Å². The molecule has 0 rings (SSSR count). The Balaban J connectivity index is 0. The van der Waals surface area contributed by atoms with E-state index >= 15 is 0 Å². The molecule has 1 atom stereocenters. The summed E-state index contributed by atoms with van der Waals surface area (Å²) >= 11 is 0. The van der Waals surface area contributed by atoms with Crippen LogP contribution in [0.1, 0.15) is 19.3 Å². The first-order valence-corrected chi connectivity index (χ1v) is 6.97. The van der Waals surface area contributed by atoms with Crippen molar-refractivity contribution in [1.82, 2.24) is 5.32 Å². The lowest BCUT2D eigenvalue weighted by Gasteiger charge is -2.13.